The molecule has 2 aromatic rings. The van der Waals surface area contributed by atoms with E-state index in [4.69, 9.17) is 0 Å². The number of carbonyl (C=O) groups excluding carboxylic acids is 1. The first-order chi connectivity index (χ1) is 9.45. The molecule has 0 heterocycles. The number of carbonyl (C=O) groups is 1. The van der Waals surface area contributed by atoms with Crippen LogP contribution in [0.3, 0.4) is 0 Å². The Morgan fingerprint density at radius 1 is 0.950 bits per heavy atom. The highest BCUT2D eigenvalue weighted by Crippen LogP contribution is 2.19. The lowest BCUT2D eigenvalue weighted by Crippen LogP contribution is -2.21. The molecule has 104 valence electrons. The fraction of sp³-hybridized carbons (Fsp3) is 0.133. The molecule has 2 amide bonds. The molecule has 20 heavy (non-hydrogen) atoms. The Bertz CT molecular complexity index is 616. The van der Waals surface area contributed by atoms with Crippen LogP contribution in [0.5, 0.6) is 0 Å². The Balaban J connectivity index is 2.13. The third kappa shape index (κ3) is 3.32. The zero-order valence-electron chi connectivity index (χ0n) is 11.1. The maximum Gasteiger partial charge on any atom is 0.323 e. The number of urea groups is 1. The number of amides is 2. The van der Waals surface area contributed by atoms with Crippen LogP contribution >= 0.6 is 0 Å². The molecule has 0 aliphatic carbocycles. The molecular formula is C15H14F2N2O. The van der Waals surface area contributed by atoms with Gasteiger partial charge in [-0.15, -0.1) is 0 Å². The van der Waals surface area contributed by atoms with Gasteiger partial charge in [-0.3, -0.25) is 0 Å². The van der Waals surface area contributed by atoms with Gasteiger partial charge < -0.3 is 10.6 Å². The average Bonchev–Trinajstić information content (AvgIpc) is 2.32. The molecule has 0 radical (unpaired) electrons. The van der Waals surface area contributed by atoms with Crippen LogP contribution in [0, 0.1) is 25.5 Å². The second-order valence-corrected chi connectivity index (χ2v) is 4.55. The minimum atomic E-state index is -0.819. The first-order valence-corrected chi connectivity index (χ1v) is 6.06. The van der Waals surface area contributed by atoms with Crippen molar-refractivity contribution in [1.82, 2.24) is 0 Å². The fourth-order valence-electron chi connectivity index (χ4n) is 1.94. The third-order valence-electron chi connectivity index (χ3n) is 2.68. The van der Waals surface area contributed by atoms with Gasteiger partial charge in [0.05, 0.1) is 0 Å². The van der Waals surface area contributed by atoms with E-state index in [1.165, 1.54) is 6.07 Å². The molecule has 2 N–H and O–H groups in total. The Morgan fingerprint density at radius 3 is 2.05 bits per heavy atom. The summed E-state index contributed by atoms with van der Waals surface area (Å²) in [6.07, 6.45) is 0. The van der Waals surface area contributed by atoms with Crippen LogP contribution in [-0.2, 0) is 0 Å². The summed E-state index contributed by atoms with van der Waals surface area (Å²) in [5.41, 5.74) is 2.07. The smallest absolute Gasteiger partial charge is 0.308 e. The van der Waals surface area contributed by atoms with Gasteiger partial charge in [-0.2, -0.15) is 0 Å². The molecule has 0 aliphatic rings. The average molecular weight is 276 g/mol. The Labute approximate surface area is 115 Å². The number of benzene rings is 2. The molecule has 0 fully saturated rings. The van der Waals surface area contributed by atoms with E-state index in [0.29, 0.717) is 5.69 Å². The number of halogens is 2. The Hall–Kier alpha value is -2.43. The predicted octanol–water partition coefficient (Wildman–Crippen LogP) is 4.23. The molecule has 0 unspecified atom stereocenters. The summed E-state index contributed by atoms with van der Waals surface area (Å²) in [5.74, 6) is -1.64. The van der Waals surface area contributed by atoms with Crippen LogP contribution < -0.4 is 10.6 Å². The van der Waals surface area contributed by atoms with Crippen molar-refractivity contribution < 1.29 is 13.6 Å². The van der Waals surface area contributed by atoms with Crippen LogP contribution in [0.25, 0.3) is 0 Å². The van der Waals surface area contributed by atoms with Crippen LogP contribution in [0.4, 0.5) is 25.0 Å². The van der Waals surface area contributed by atoms with E-state index in [1.54, 1.807) is 12.1 Å². The number of nitrogens with one attached hydrogen (secondary N) is 2. The lowest BCUT2D eigenvalue weighted by atomic mass is 10.1. The number of hydrogen-bond donors (Lipinski definition) is 2. The molecule has 2 rings (SSSR count). The quantitative estimate of drug-likeness (QED) is 0.847. The van der Waals surface area contributed by atoms with Gasteiger partial charge in [0.15, 0.2) is 0 Å². The molecular weight excluding hydrogens is 262 g/mol. The molecule has 5 heteroatoms. The molecule has 0 saturated heterocycles. The molecule has 0 atom stereocenters. The lowest BCUT2D eigenvalue weighted by molar-refractivity contribution is 0.262. The van der Waals surface area contributed by atoms with E-state index in [-0.39, 0.29) is 0 Å². The largest absolute Gasteiger partial charge is 0.323 e. The number of anilines is 2. The van der Waals surface area contributed by atoms with E-state index in [1.807, 2.05) is 19.9 Å². The number of aryl methyl sites for hydroxylation is 2. The first kappa shape index (κ1) is 14.0. The molecule has 0 saturated carbocycles. The number of rotatable bonds is 2. The zero-order valence-corrected chi connectivity index (χ0v) is 11.1. The number of para-hydroxylation sites is 1. The van der Waals surface area contributed by atoms with Crippen LogP contribution in [0.15, 0.2) is 36.4 Å². The monoisotopic (exact) mass is 276 g/mol. The summed E-state index contributed by atoms with van der Waals surface area (Å²) in [7, 11) is 0. The second-order valence-electron chi connectivity index (χ2n) is 4.55. The van der Waals surface area contributed by atoms with Crippen LogP contribution in [0.2, 0.25) is 0 Å². The van der Waals surface area contributed by atoms with Crippen molar-refractivity contribution in [2.75, 3.05) is 10.6 Å². The highest BCUT2D eigenvalue weighted by atomic mass is 19.1. The zero-order chi connectivity index (χ0) is 14.7. The summed E-state index contributed by atoms with van der Waals surface area (Å²) in [6, 6.07) is 8.19. The van der Waals surface area contributed by atoms with Crippen LogP contribution in [-0.4, -0.2) is 6.03 Å². The van der Waals surface area contributed by atoms with Gasteiger partial charge in [-0.1, -0.05) is 12.1 Å². The topological polar surface area (TPSA) is 41.1 Å². The highest BCUT2D eigenvalue weighted by Gasteiger charge is 2.11. The minimum absolute atomic E-state index is 0.464. The molecule has 0 aromatic heterocycles. The third-order valence-corrected chi connectivity index (χ3v) is 2.68. The van der Waals surface area contributed by atoms with Crippen molar-refractivity contribution in [2.24, 2.45) is 0 Å². The van der Waals surface area contributed by atoms with E-state index in [2.05, 4.69) is 10.6 Å². The molecule has 0 spiro atoms. The normalized spacial score (nSPS) is 10.2. The van der Waals surface area contributed by atoms with Crippen molar-refractivity contribution >= 4 is 17.4 Å². The molecule has 0 aliphatic heterocycles. The predicted molar refractivity (Wildman–Crippen MR) is 74.9 cm³/mol. The van der Waals surface area contributed by atoms with Crippen molar-refractivity contribution in [3.05, 3.63) is 59.2 Å². The van der Waals surface area contributed by atoms with Gasteiger partial charge in [-0.25, -0.2) is 13.6 Å². The molecule has 3 nitrogen and oxygen atoms in total. The van der Waals surface area contributed by atoms with Crippen LogP contribution in [0.1, 0.15) is 11.1 Å². The standard InChI is InChI=1S/C15H14F2N2O/c1-9-6-10(2)8-11(7-9)18-15(20)19-14-12(16)4-3-5-13(14)17/h3-8H,1-2H3,(H2,18,19,20). The van der Waals surface area contributed by atoms with Gasteiger partial charge in [0.1, 0.15) is 17.3 Å². The Morgan fingerprint density at radius 2 is 1.50 bits per heavy atom. The number of hydrogen-bond acceptors (Lipinski definition) is 1. The SMILES string of the molecule is Cc1cc(C)cc(NC(=O)Nc2c(F)cccc2F)c1. The van der Waals surface area contributed by atoms with Crippen molar-refractivity contribution in [2.45, 2.75) is 13.8 Å². The minimum Gasteiger partial charge on any atom is -0.308 e. The fourth-order valence-corrected chi connectivity index (χ4v) is 1.94. The van der Waals surface area contributed by atoms with Gasteiger partial charge in [-0.05, 0) is 49.2 Å². The molecule has 2 aromatic carbocycles. The van der Waals surface area contributed by atoms with Gasteiger partial charge in [0, 0.05) is 5.69 Å². The van der Waals surface area contributed by atoms with Gasteiger partial charge in [0.2, 0.25) is 0 Å². The van der Waals surface area contributed by atoms with Crippen molar-refractivity contribution in [3.63, 3.8) is 0 Å². The summed E-state index contributed by atoms with van der Waals surface area (Å²) < 4.78 is 26.8. The van der Waals surface area contributed by atoms with Gasteiger partial charge in [0.25, 0.3) is 0 Å². The molecule has 0 bridgehead atoms. The summed E-state index contributed by atoms with van der Waals surface area (Å²) in [6.45, 7) is 3.79. The summed E-state index contributed by atoms with van der Waals surface area (Å²) in [4.78, 5) is 11.8. The van der Waals surface area contributed by atoms with Gasteiger partial charge >= 0.3 is 6.03 Å². The van der Waals surface area contributed by atoms with Crippen molar-refractivity contribution in [1.29, 1.82) is 0 Å². The maximum atomic E-state index is 13.4. The first-order valence-electron chi connectivity index (χ1n) is 6.06. The lowest BCUT2D eigenvalue weighted by Gasteiger charge is -2.10. The Kier molecular flexibility index (Phi) is 3.98. The van der Waals surface area contributed by atoms with E-state index >= 15 is 0 Å². The summed E-state index contributed by atoms with van der Waals surface area (Å²) in [5, 5.41) is 4.71. The second kappa shape index (κ2) is 5.69. The maximum absolute atomic E-state index is 13.4. The summed E-state index contributed by atoms with van der Waals surface area (Å²) >= 11 is 0. The van der Waals surface area contributed by atoms with E-state index < -0.39 is 23.4 Å². The highest BCUT2D eigenvalue weighted by molar-refractivity contribution is 6.00. The van der Waals surface area contributed by atoms with Crippen molar-refractivity contribution in [3.8, 4) is 0 Å². The van der Waals surface area contributed by atoms with E-state index in [0.717, 1.165) is 23.3 Å². The van der Waals surface area contributed by atoms with E-state index in [9.17, 15) is 13.6 Å².